The monoisotopic (exact) mass is 294 g/mol. The topological polar surface area (TPSA) is 60.2 Å². The number of carbonyl (C=O) groups is 1. The van der Waals surface area contributed by atoms with Crippen molar-refractivity contribution in [3.05, 3.63) is 42.0 Å². The van der Waals surface area contributed by atoms with E-state index in [-0.39, 0.29) is 17.2 Å². The smallest absolute Gasteiger partial charge is 0.387 e. The van der Waals surface area contributed by atoms with Crippen LogP contribution in [0.25, 0.3) is 0 Å². The lowest BCUT2D eigenvalue weighted by molar-refractivity contribution is -0.0503. The van der Waals surface area contributed by atoms with E-state index < -0.39 is 6.61 Å². The van der Waals surface area contributed by atoms with E-state index in [0.717, 1.165) is 0 Å². The average Bonchev–Trinajstić information content (AvgIpc) is 2.94. The minimum atomic E-state index is -2.97. The number of rotatable bonds is 3. The number of hydrogen-bond donors (Lipinski definition) is 0. The molecule has 1 aromatic heterocycles. The molecule has 21 heavy (non-hydrogen) atoms. The number of benzene rings is 1. The second kappa shape index (κ2) is 5.47. The third kappa shape index (κ3) is 2.69. The van der Waals surface area contributed by atoms with Crippen molar-refractivity contribution in [2.24, 2.45) is 0 Å². The first-order valence-corrected chi connectivity index (χ1v) is 6.35. The maximum Gasteiger partial charge on any atom is 0.387 e. The van der Waals surface area contributed by atoms with Gasteiger partial charge in [-0.1, -0.05) is 12.1 Å². The lowest BCUT2D eigenvalue weighted by Crippen LogP contribution is -2.38. The number of carbonyl (C=O) groups excluding carboxylic acids is 1. The average molecular weight is 294 g/mol. The van der Waals surface area contributed by atoms with Crippen LogP contribution in [0.5, 0.6) is 5.75 Å². The van der Waals surface area contributed by atoms with Crippen molar-refractivity contribution < 1.29 is 18.3 Å². The van der Waals surface area contributed by atoms with Crippen LogP contribution in [0.4, 0.5) is 8.78 Å². The Morgan fingerprint density at radius 1 is 1.29 bits per heavy atom. The summed E-state index contributed by atoms with van der Waals surface area (Å²) in [5.41, 5.74) is 0.116. The van der Waals surface area contributed by atoms with Crippen LogP contribution in [0.15, 0.2) is 30.6 Å². The highest BCUT2D eigenvalue weighted by Gasteiger charge is 2.25. The fourth-order valence-electron chi connectivity index (χ4n) is 2.25. The largest absolute Gasteiger partial charge is 0.434 e. The Morgan fingerprint density at radius 2 is 2.10 bits per heavy atom. The van der Waals surface area contributed by atoms with Gasteiger partial charge < -0.3 is 14.2 Å². The quantitative estimate of drug-likeness (QED) is 0.861. The molecule has 0 spiro atoms. The van der Waals surface area contributed by atoms with E-state index in [2.05, 4.69) is 14.9 Å². The predicted molar refractivity (Wildman–Crippen MR) is 67.8 cm³/mol. The minimum Gasteiger partial charge on any atom is -0.434 e. The predicted octanol–water partition coefficient (Wildman–Crippen LogP) is 1.54. The maximum absolute atomic E-state index is 12.5. The summed E-state index contributed by atoms with van der Waals surface area (Å²) in [7, 11) is 0. The molecule has 2 heterocycles. The van der Waals surface area contributed by atoms with Crippen molar-refractivity contribution in [1.82, 2.24) is 19.7 Å². The maximum atomic E-state index is 12.5. The summed E-state index contributed by atoms with van der Waals surface area (Å²) in [6.07, 6.45) is 1.60. The number of halogens is 2. The van der Waals surface area contributed by atoms with Crippen LogP contribution in [-0.2, 0) is 13.1 Å². The molecule has 0 saturated heterocycles. The number of amides is 1. The van der Waals surface area contributed by atoms with Crippen LogP contribution < -0.4 is 4.74 Å². The molecule has 0 unspecified atom stereocenters. The molecule has 1 amide bonds. The lowest BCUT2D eigenvalue weighted by Gasteiger charge is -2.27. The first-order valence-electron chi connectivity index (χ1n) is 6.35. The lowest BCUT2D eigenvalue weighted by atomic mass is 10.1. The molecule has 3 rings (SSSR count). The first kappa shape index (κ1) is 13.5. The van der Waals surface area contributed by atoms with E-state index in [0.29, 0.717) is 25.5 Å². The molecule has 1 aliphatic heterocycles. The molecule has 0 saturated carbocycles. The number of alkyl halides is 2. The molecule has 0 atom stereocenters. The van der Waals surface area contributed by atoms with Gasteiger partial charge in [0.1, 0.15) is 12.1 Å². The highest BCUT2D eigenvalue weighted by atomic mass is 19.3. The molecule has 0 radical (unpaired) electrons. The van der Waals surface area contributed by atoms with Crippen LogP contribution in [0.2, 0.25) is 0 Å². The Kier molecular flexibility index (Phi) is 3.51. The Hall–Kier alpha value is -2.51. The zero-order valence-electron chi connectivity index (χ0n) is 10.9. The molecule has 6 nitrogen and oxygen atoms in total. The van der Waals surface area contributed by atoms with Crippen molar-refractivity contribution in [2.45, 2.75) is 19.7 Å². The van der Waals surface area contributed by atoms with Gasteiger partial charge in [-0.25, -0.2) is 0 Å². The molecule has 0 fully saturated rings. The first-order chi connectivity index (χ1) is 10.1. The molecular weight excluding hydrogens is 282 g/mol. The molecule has 0 aliphatic carbocycles. The SMILES string of the molecule is O=C(c1ccccc1OC(F)F)N1CCn2cnnc2C1. The molecule has 0 N–H and O–H groups in total. The van der Waals surface area contributed by atoms with Crippen molar-refractivity contribution >= 4 is 5.91 Å². The third-order valence-electron chi connectivity index (χ3n) is 3.26. The van der Waals surface area contributed by atoms with Crippen LogP contribution in [0.3, 0.4) is 0 Å². The summed E-state index contributed by atoms with van der Waals surface area (Å²) < 4.78 is 31.0. The molecule has 1 aromatic carbocycles. The van der Waals surface area contributed by atoms with Gasteiger partial charge in [0.05, 0.1) is 12.1 Å². The van der Waals surface area contributed by atoms with Gasteiger partial charge >= 0.3 is 6.61 Å². The van der Waals surface area contributed by atoms with Gasteiger partial charge in [-0.3, -0.25) is 4.79 Å². The highest BCUT2D eigenvalue weighted by Crippen LogP contribution is 2.23. The summed E-state index contributed by atoms with van der Waals surface area (Å²) in [6, 6.07) is 5.98. The summed E-state index contributed by atoms with van der Waals surface area (Å²) >= 11 is 0. The van der Waals surface area contributed by atoms with E-state index in [1.807, 2.05) is 4.57 Å². The van der Waals surface area contributed by atoms with Gasteiger partial charge in [-0.2, -0.15) is 8.78 Å². The van der Waals surface area contributed by atoms with E-state index in [9.17, 15) is 13.6 Å². The fraction of sp³-hybridized carbons (Fsp3) is 0.308. The number of nitrogens with zero attached hydrogens (tertiary/aromatic N) is 4. The van der Waals surface area contributed by atoms with Crippen molar-refractivity contribution in [3.63, 3.8) is 0 Å². The Balaban J connectivity index is 1.83. The molecular formula is C13H12F2N4O2. The van der Waals surface area contributed by atoms with Gasteiger partial charge in [-0.15, -0.1) is 10.2 Å². The molecule has 1 aliphatic rings. The number of hydrogen-bond acceptors (Lipinski definition) is 4. The normalized spacial score (nSPS) is 14.1. The van der Waals surface area contributed by atoms with Gasteiger partial charge in [0, 0.05) is 13.1 Å². The summed E-state index contributed by atoms with van der Waals surface area (Å²) in [5, 5.41) is 7.70. The molecule has 110 valence electrons. The zero-order valence-corrected chi connectivity index (χ0v) is 10.9. The number of fused-ring (bicyclic) bond motifs is 1. The number of ether oxygens (including phenoxy) is 1. The van der Waals surface area contributed by atoms with Crippen molar-refractivity contribution in [3.8, 4) is 5.75 Å². The second-order valence-corrected chi connectivity index (χ2v) is 4.54. The van der Waals surface area contributed by atoms with Gasteiger partial charge in [-0.05, 0) is 12.1 Å². The van der Waals surface area contributed by atoms with Crippen molar-refractivity contribution in [1.29, 1.82) is 0 Å². The zero-order chi connectivity index (χ0) is 14.8. The highest BCUT2D eigenvalue weighted by molar-refractivity contribution is 5.96. The second-order valence-electron chi connectivity index (χ2n) is 4.54. The van der Waals surface area contributed by atoms with Crippen molar-refractivity contribution in [2.75, 3.05) is 6.54 Å². The third-order valence-corrected chi connectivity index (χ3v) is 3.26. The van der Waals surface area contributed by atoms with E-state index in [1.165, 1.54) is 17.0 Å². The van der Waals surface area contributed by atoms with Crippen LogP contribution in [0, 0.1) is 0 Å². The molecule has 2 aromatic rings. The van der Waals surface area contributed by atoms with Gasteiger partial charge in [0.15, 0.2) is 5.82 Å². The van der Waals surface area contributed by atoms with Gasteiger partial charge in [0.25, 0.3) is 5.91 Å². The minimum absolute atomic E-state index is 0.116. The Morgan fingerprint density at radius 3 is 2.90 bits per heavy atom. The van der Waals surface area contributed by atoms with E-state index >= 15 is 0 Å². The van der Waals surface area contributed by atoms with E-state index in [1.54, 1.807) is 18.5 Å². The molecule has 8 heteroatoms. The number of aromatic nitrogens is 3. The Labute approximate surface area is 119 Å². The van der Waals surface area contributed by atoms with E-state index in [4.69, 9.17) is 0 Å². The Bertz CT molecular complexity index is 659. The summed E-state index contributed by atoms with van der Waals surface area (Å²) in [4.78, 5) is 14.0. The van der Waals surface area contributed by atoms with Gasteiger partial charge in [0.2, 0.25) is 0 Å². The summed E-state index contributed by atoms with van der Waals surface area (Å²) in [6.45, 7) is -1.64. The van der Waals surface area contributed by atoms with Crippen LogP contribution in [-0.4, -0.2) is 38.7 Å². The number of para-hydroxylation sites is 1. The van der Waals surface area contributed by atoms with Crippen LogP contribution >= 0.6 is 0 Å². The fourth-order valence-corrected chi connectivity index (χ4v) is 2.25. The summed E-state index contributed by atoms with van der Waals surface area (Å²) in [5.74, 6) is 0.187. The molecule has 0 bridgehead atoms. The standard InChI is InChI=1S/C13H12F2N4O2/c14-13(15)21-10-4-2-1-3-9(10)12(20)18-5-6-19-8-16-17-11(19)7-18/h1-4,8,13H,5-7H2. The van der Waals surface area contributed by atoms with Crippen LogP contribution in [0.1, 0.15) is 16.2 Å².